The normalized spacial score (nSPS) is 13.2. The molecule has 2 atom stereocenters. The number of pyridine rings is 2. The summed E-state index contributed by atoms with van der Waals surface area (Å²) in [7, 11) is 3.19. The Balaban J connectivity index is 1.76. The van der Waals surface area contributed by atoms with Gasteiger partial charge in [0.25, 0.3) is 5.91 Å². The van der Waals surface area contributed by atoms with Crippen molar-refractivity contribution in [1.29, 1.82) is 0 Å². The fourth-order valence-electron chi connectivity index (χ4n) is 3.39. The number of nitrogens with zero attached hydrogens (tertiary/aromatic N) is 3. The van der Waals surface area contributed by atoms with E-state index >= 15 is 0 Å². The summed E-state index contributed by atoms with van der Waals surface area (Å²) in [5, 5.41) is 11.3. The lowest BCUT2D eigenvalue weighted by molar-refractivity contribution is -0.137. The van der Waals surface area contributed by atoms with E-state index in [2.05, 4.69) is 15.0 Å². The van der Waals surface area contributed by atoms with E-state index in [0.717, 1.165) is 38.2 Å². The second-order valence-corrected chi connectivity index (χ2v) is 8.83. The van der Waals surface area contributed by atoms with Gasteiger partial charge in [-0.15, -0.1) is 0 Å². The van der Waals surface area contributed by atoms with Crippen molar-refractivity contribution in [1.82, 2.24) is 19.9 Å². The molecule has 3 heterocycles. The Kier molecular flexibility index (Phi) is 5.77. The largest absolute Gasteiger partial charge is 0.612 e. The molecule has 0 bridgehead atoms. The van der Waals surface area contributed by atoms with E-state index < -0.39 is 23.2 Å². The van der Waals surface area contributed by atoms with Crippen LogP contribution in [0.15, 0.2) is 66.1 Å². The van der Waals surface area contributed by atoms with Gasteiger partial charge in [0.05, 0.1) is 0 Å². The number of hydrogen-bond acceptors (Lipinski definition) is 5. The van der Waals surface area contributed by atoms with E-state index in [-0.39, 0.29) is 0 Å². The number of benzene rings is 1. The molecule has 8 heteroatoms. The van der Waals surface area contributed by atoms with Crippen molar-refractivity contribution in [2.75, 3.05) is 20.4 Å². The molecule has 0 aliphatic rings. The van der Waals surface area contributed by atoms with Gasteiger partial charge in [-0.05, 0) is 34.9 Å². The first-order valence-corrected chi connectivity index (χ1v) is 11.2. The third kappa shape index (κ3) is 4.18. The number of rotatable bonds is 5. The Morgan fingerprint density at radius 1 is 1.13 bits per heavy atom. The molecule has 0 aliphatic heterocycles. The minimum Gasteiger partial charge on any atom is -0.612 e. The molecular weight excluding hydrogens is 412 g/mol. The fourth-order valence-corrected chi connectivity index (χ4v) is 3.96. The van der Waals surface area contributed by atoms with E-state index in [4.69, 9.17) is 0 Å². The van der Waals surface area contributed by atoms with Gasteiger partial charge < -0.3 is 19.5 Å². The van der Waals surface area contributed by atoms with Crippen molar-refractivity contribution in [3.63, 3.8) is 0 Å². The highest BCUT2D eigenvalue weighted by molar-refractivity contribution is 7.90. The maximum atomic E-state index is 12.1. The molecule has 31 heavy (non-hydrogen) atoms. The molecule has 0 spiro atoms. The van der Waals surface area contributed by atoms with Gasteiger partial charge in [0.1, 0.15) is 11.9 Å². The lowest BCUT2D eigenvalue weighted by atomic mass is 10.0. The second kappa shape index (κ2) is 8.50. The summed E-state index contributed by atoms with van der Waals surface area (Å²) in [4.78, 5) is 26.1. The van der Waals surface area contributed by atoms with Crippen LogP contribution in [0.25, 0.3) is 33.3 Å². The first-order chi connectivity index (χ1) is 14.8. The van der Waals surface area contributed by atoms with Gasteiger partial charge >= 0.3 is 0 Å². The van der Waals surface area contributed by atoms with Gasteiger partial charge in [-0.1, -0.05) is 12.1 Å². The number of aliphatic hydroxyl groups excluding tert-OH is 1. The SMILES string of the molecule is CN(C)C(=O)C(O)c1cncc(-c2cnc3[nH]cc(-c4cccc([S+](C)[O-])c4)c3c2)c1. The van der Waals surface area contributed by atoms with Crippen molar-refractivity contribution >= 4 is 28.1 Å². The van der Waals surface area contributed by atoms with Crippen LogP contribution in [-0.2, 0) is 16.0 Å². The molecule has 4 aromatic rings. The Bertz CT molecular complexity index is 1250. The molecule has 2 N–H and O–H groups in total. The van der Waals surface area contributed by atoms with Crippen LogP contribution in [0.2, 0.25) is 0 Å². The van der Waals surface area contributed by atoms with Crippen molar-refractivity contribution in [2.45, 2.75) is 11.0 Å². The van der Waals surface area contributed by atoms with Crippen molar-refractivity contribution in [2.24, 2.45) is 0 Å². The Hall–Kier alpha value is -3.20. The maximum Gasteiger partial charge on any atom is 0.255 e. The smallest absolute Gasteiger partial charge is 0.255 e. The first kappa shape index (κ1) is 21.0. The molecule has 0 saturated heterocycles. The molecule has 158 valence electrons. The number of fused-ring (bicyclic) bond motifs is 1. The van der Waals surface area contributed by atoms with Crippen LogP contribution < -0.4 is 0 Å². The number of carbonyl (C=O) groups excluding carboxylic acids is 1. The molecule has 0 radical (unpaired) electrons. The maximum absolute atomic E-state index is 12.1. The zero-order valence-electron chi connectivity index (χ0n) is 17.4. The molecule has 1 amide bonds. The summed E-state index contributed by atoms with van der Waals surface area (Å²) in [6, 6.07) is 11.3. The first-order valence-electron chi connectivity index (χ1n) is 9.60. The van der Waals surface area contributed by atoms with Gasteiger partial charge in [0.15, 0.2) is 11.0 Å². The van der Waals surface area contributed by atoms with E-state index in [1.807, 2.05) is 36.5 Å². The summed E-state index contributed by atoms with van der Waals surface area (Å²) in [6.07, 6.45) is 7.14. The minimum absolute atomic E-state index is 0.409. The minimum atomic E-state index is -1.28. The van der Waals surface area contributed by atoms with Crippen LogP contribution in [-0.4, -0.2) is 55.8 Å². The highest BCUT2D eigenvalue weighted by Crippen LogP contribution is 2.32. The predicted octanol–water partition coefficient (Wildman–Crippen LogP) is 3.15. The van der Waals surface area contributed by atoms with Gasteiger partial charge in [-0.3, -0.25) is 9.78 Å². The summed E-state index contributed by atoms with van der Waals surface area (Å²) >= 11 is -1.07. The zero-order valence-corrected chi connectivity index (χ0v) is 18.2. The quantitative estimate of drug-likeness (QED) is 0.470. The van der Waals surface area contributed by atoms with E-state index in [1.165, 1.54) is 11.1 Å². The molecular formula is C23H22N4O3S. The van der Waals surface area contributed by atoms with Crippen LogP contribution in [0.4, 0.5) is 0 Å². The average Bonchev–Trinajstić information content (AvgIpc) is 3.21. The number of aliphatic hydroxyl groups is 1. The summed E-state index contributed by atoms with van der Waals surface area (Å²) < 4.78 is 11.9. The second-order valence-electron chi connectivity index (χ2n) is 7.45. The monoisotopic (exact) mass is 434 g/mol. The van der Waals surface area contributed by atoms with Gasteiger partial charge in [0.2, 0.25) is 0 Å². The molecule has 0 aliphatic carbocycles. The van der Waals surface area contributed by atoms with Crippen LogP contribution >= 0.6 is 0 Å². The number of amides is 1. The van der Waals surface area contributed by atoms with Crippen LogP contribution in [0.3, 0.4) is 0 Å². The van der Waals surface area contributed by atoms with Crippen molar-refractivity contribution < 1.29 is 14.5 Å². The molecule has 2 unspecified atom stereocenters. The van der Waals surface area contributed by atoms with Crippen molar-refractivity contribution in [3.05, 3.63) is 66.7 Å². The summed E-state index contributed by atoms with van der Waals surface area (Å²) in [5.74, 6) is -0.409. The third-order valence-electron chi connectivity index (χ3n) is 5.09. The predicted molar refractivity (Wildman–Crippen MR) is 121 cm³/mol. The number of likely N-dealkylation sites (N-methyl/N-ethyl adjacent to an activating group) is 1. The molecule has 4 rings (SSSR count). The van der Waals surface area contributed by atoms with Gasteiger partial charge in [0, 0.05) is 72.6 Å². The Morgan fingerprint density at radius 3 is 2.65 bits per heavy atom. The number of H-pyrrole nitrogens is 1. The molecule has 3 aromatic heterocycles. The van der Waals surface area contributed by atoms with Crippen LogP contribution in [0, 0.1) is 0 Å². The van der Waals surface area contributed by atoms with Crippen LogP contribution in [0.5, 0.6) is 0 Å². The summed E-state index contributed by atoms with van der Waals surface area (Å²) in [6.45, 7) is 0. The summed E-state index contributed by atoms with van der Waals surface area (Å²) in [5.41, 5.74) is 4.59. The highest BCUT2D eigenvalue weighted by Gasteiger charge is 2.20. The number of nitrogens with one attached hydrogen (secondary N) is 1. The number of aromatic amines is 1. The Labute approximate surface area is 183 Å². The average molecular weight is 435 g/mol. The number of aromatic nitrogens is 3. The van der Waals surface area contributed by atoms with Crippen LogP contribution in [0.1, 0.15) is 11.7 Å². The number of carbonyl (C=O) groups is 1. The number of hydrogen-bond donors (Lipinski definition) is 2. The lowest BCUT2D eigenvalue weighted by Gasteiger charge is -2.16. The molecule has 1 aromatic carbocycles. The standard InChI is InChI=1S/C23H22N4O3S/c1-27(2)23(29)21(28)17-7-15(10-24-11-17)16-9-19-20(13-26-22(19)25-12-16)14-5-4-6-18(8-14)31(3)30/h4-13,21,28H,1-3H3,(H,25,26). The fraction of sp³-hybridized carbons (Fsp3) is 0.174. The van der Waals surface area contributed by atoms with Gasteiger partial charge in [-0.25, -0.2) is 4.98 Å². The van der Waals surface area contributed by atoms with E-state index in [0.29, 0.717) is 5.56 Å². The molecule has 0 fully saturated rings. The zero-order chi connectivity index (χ0) is 22.1. The highest BCUT2D eigenvalue weighted by atomic mass is 32.2. The topological polar surface area (TPSA) is 105 Å². The van der Waals surface area contributed by atoms with E-state index in [1.54, 1.807) is 38.8 Å². The Morgan fingerprint density at radius 2 is 1.90 bits per heavy atom. The van der Waals surface area contributed by atoms with Crippen molar-refractivity contribution in [3.8, 4) is 22.3 Å². The van der Waals surface area contributed by atoms with Gasteiger partial charge in [-0.2, -0.15) is 0 Å². The third-order valence-corrected chi connectivity index (χ3v) is 6.01. The molecule has 7 nitrogen and oxygen atoms in total. The molecule has 0 saturated carbocycles. The van der Waals surface area contributed by atoms with E-state index in [9.17, 15) is 14.5 Å². The lowest BCUT2D eigenvalue weighted by Crippen LogP contribution is -2.28.